The molecular weight excluding hydrogens is 256 g/mol. The summed E-state index contributed by atoms with van der Waals surface area (Å²) < 4.78 is 5.80. The third kappa shape index (κ3) is 3.55. The van der Waals surface area contributed by atoms with E-state index in [2.05, 4.69) is 36.3 Å². The molecule has 1 heterocycles. The van der Waals surface area contributed by atoms with Crippen molar-refractivity contribution in [3.8, 4) is 5.75 Å². The number of benzene rings is 1. The smallest absolute Gasteiger partial charge is 0.140 e. The van der Waals surface area contributed by atoms with Gasteiger partial charge >= 0.3 is 0 Å². The molecule has 4 heteroatoms. The molecule has 19 heavy (non-hydrogen) atoms. The Kier molecular flexibility index (Phi) is 4.56. The van der Waals surface area contributed by atoms with E-state index in [4.69, 9.17) is 4.74 Å². The second-order valence-electron chi connectivity index (χ2n) is 4.68. The number of thiazole rings is 1. The van der Waals surface area contributed by atoms with Gasteiger partial charge in [-0.15, -0.1) is 11.3 Å². The molecule has 0 spiro atoms. The molecule has 1 aromatic heterocycles. The van der Waals surface area contributed by atoms with Crippen molar-refractivity contribution >= 4 is 11.3 Å². The van der Waals surface area contributed by atoms with Crippen LogP contribution in [0.5, 0.6) is 5.75 Å². The highest BCUT2D eigenvalue weighted by atomic mass is 32.1. The van der Waals surface area contributed by atoms with Crippen molar-refractivity contribution in [2.75, 3.05) is 7.05 Å². The zero-order chi connectivity index (χ0) is 13.8. The fourth-order valence-electron chi connectivity index (χ4n) is 1.82. The summed E-state index contributed by atoms with van der Waals surface area (Å²) in [5.41, 5.74) is 3.63. The molecule has 0 bridgehead atoms. The molecule has 0 aliphatic rings. The Morgan fingerprint density at radius 2 is 2.00 bits per heavy atom. The van der Waals surface area contributed by atoms with E-state index in [0.29, 0.717) is 6.61 Å². The van der Waals surface area contributed by atoms with Gasteiger partial charge in [-0.1, -0.05) is 6.07 Å². The summed E-state index contributed by atoms with van der Waals surface area (Å²) >= 11 is 1.71. The number of hydrogen-bond donors (Lipinski definition) is 1. The van der Waals surface area contributed by atoms with E-state index in [0.717, 1.165) is 23.0 Å². The standard InChI is InChI=1S/C15H20N2OS/c1-10-5-6-13(7-11(10)2)18-9-15-17-12(3)14(19-15)8-16-4/h5-7,16H,8-9H2,1-4H3. The van der Waals surface area contributed by atoms with Gasteiger partial charge in [-0.3, -0.25) is 0 Å². The van der Waals surface area contributed by atoms with Crippen molar-refractivity contribution in [1.29, 1.82) is 0 Å². The van der Waals surface area contributed by atoms with Crippen molar-refractivity contribution in [2.24, 2.45) is 0 Å². The van der Waals surface area contributed by atoms with Crippen LogP contribution in [0.2, 0.25) is 0 Å². The van der Waals surface area contributed by atoms with E-state index in [9.17, 15) is 0 Å². The number of aromatic nitrogens is 1. The third-order valence-corrected chi connectivity index (χ3v) is 4.25. The van der Waals surface area contributed by atoms with Gasteiger partial charge in [-0.2, -0.15) is 0 Å². The Bertz CT molecular complexity index is 563. The molecule has 0 saturated carbocycles. The molecule has 3 nitrogen and oxygen atoms in total. The summed E-state index contributed by atoms with van der Waals surface area (Å²) in [5, 5.41) is 4.18. The Morgan fingerprint density at radius 3 is 2.68 bits per heavy atom. The first-order valence-corrected chi connectivity index (χ1v) is 7.21. The lowest BCUT2D eigenvalue weighted by Crippen LogP contribution is -2.04. The lowest BCUT2D eigenvalue weighted by Gasteiger charge is -2.06. The summed E-state index contributed by atoms with van der Waals surface area (Å²) in [5.74, 6) is 0.908. The maximum atomic E-state index is 5.80. The highest BCUT2D eigenvalue weighted by Crippen LogP contribution is 2.21. The van der Waals surface area contributed by atoms with Crippen molar-refractivity contribution in [2.45, 2.75) is 33.9 Å². The Hall–Kier alpha value is -1.39. The molecule has 0 unspecified atom stereocenters. The van der Waals surface area contributed by atoms with E-state index in [-0.39, 0.29) is 0 Å². The monoisotopic (exact) mass is 276 g/mol. The predicted molar refractivity (Wildman–Crippen MR) is 79.9 cm³/mol. The van der Waals surface area contributed by atoms with E-state index in [1.807, 2.05) is 20.0 Å². The minimum atomic E-state index is 0.539. The van der Waals surface area contributed by atoms with Crippen molar-refractivity contribution < 1.29 is 4.74 Å². The van der Waals surface area contributed by atoms with Crippen molar-refractivity contribution in [3.05, 3.63) is 44.9 Å². The van der Waals surface area contributed by atoms with Crippen molar-refractivity contribution in [1.82, 2.24) is 10.3 Å². The van der Waals surface area contributed by atoms with Gasteiger partial charge in [0, 0.05) is 11.4 Å². The predicted octanol–water partition coefficient (Wildman–Crippen LogP) is 3.37. The maximum Gasteiger partial charge on any atom is 0.140 e. The summed E-state index contributed by atoms with van der Waals surface area (Å²) in [4.78, 5) is 5.82. The van der Waals surface area contributed by atoms with Gasteiger partial charge in [0.2, 0.25) is 0 Å². The first-order chi connectivity index (χ1) is 9.10. The molecule has 2 rings (SSSR count). The van der Waals surface area contributed by atoms with Crippen LogP contribution in [0.4, 0.5) is 0 Å². The summed E-state index contributed by atoms with van der Waals surface area (Å²) in [6.45, 7) is 7.65. The van der Waals surface area contributed by atoms with Crippen LogP contribution in [0.1, 0.15) is 26.7 Å². The molecule has 1 aromatic carbocycles. The maximum absolute atomic E-state index is 5.80. The molecule has 0 fully saturated rings. The lowest BCUT2D eigenvalue weighted by atomic mass is 10.1. The van der Waals surface area contributed by atoms with Gasteiger partial charge < -0.3 is 10.1 Å². The third-order valence-electron chi connectivity index (χ3n) is 3.11. The fraction of sp³-hybridized carbons (Fsp3) is 0.400. The number of ether oxygens (including phenoxy) is 1. The van der Waals surface area contributed by atoms with Crippen LogP contribution >= 0.6 is 11.3 Å². The van der Waals surface area contributed by atoms with Crippen LogP contribution in [0.15, 0.2) is 18.2 Å². The average Bonchev–Trinajstić information content (AvgIpc) is 2.72. The molecule has 0 amide bonds. The fourth-order valence-corrected chi connectivity index (χ4v) is 2.82. The highest BCUT2D eigenvalue weighted by molar-refractivity contribution is 7.11. The molecular formula is C15H20N2OS. The Morgan fingerprint density at radius 1 is 1.21 bits per heavy atom. The lowest BCUT2D eigenvalue weighted by molar-refractivity contribution is 0.305. The minimum Gasteiger partial charge on any atom is -0.486 e. The molecule has 0 atom stereocenters. The molecule has 0 radical (unpaired) electrons. The molecule has 0 aliphatic carbocycles. The van der Waals surface area contributed by atoms with Gasteiger partial charge in [0.25, 0.3) is 0 Å². The largest absolute Gasteiger partial charge is 0.486 e. The first-order valence-electron chi connectivity index (χ1n) is 6.40. The van der Waals surface area contributed by atoms with E-state index >= 15 is 0 Å². The highest BCUT2D eigenvalue weighted by Gasteiger charge is 2.07. The van der Waals surface area contributed by atoms with Gasteiger partial charge in [-0.05, 0) is 51.1 Å². The molecule has 2 aromatic rings. The van der Waals surface area contributed by atoms with Crippen LogP contribution in [0.3, 0.4) is 0 Å². The van der Waals surface area contributed by atoms with Crippen molar-refractivity contribution in [3.63, 3.8) is 0 Å². The van der Waals surface area contributed by atoms with Crippen LogP contribution in [0.25, 0.3) is 0 Å². The normalized spacial score (nSPS) is 10.7. The molecule has 0 saturated heterocycles. The van der Waals surface area contributed by atoms with E-state index in [1.54, 1.807) is 11.3 Å². The Balaban J connectivity index is 2.01. The number of hydrogen-bond acceptors (Lipinski definition) is 4. The first kappa shape index (κ1) is 14.0. The second kappa shape index (κ2) is 6.17. The van der Waals surface area contributed by atoms with Gasteiger partial charge in [0.05, 0.1) is 5.69 Å². The van der Waals surface area contributed by atoms with Crippen LogP contribution in [0, 0.1) is 20.8 Å². The zero-order valence-corrected chi connectivity index (χ0v) is 12.7. The summed E-state index contributed by atoms with van der Waals surface area (Å²) in [7, 11) is 1.95. The van der Waals surface area contributed by atoms with Gasteiger partial charge in [0.15, 0.2) is 0 Å². The summed E-state index contributed by atoms with van der Waals surface area (Å²) in [6, 6.07) is 6.17. The van der Waals surface area contributed by atoms with E-state index < -0.39 is 0 Å². The topological polar surface area (TPSA) is 34.1 Å². The SMILES string of the molecule is CNCc1sc(COc2ccc(C)c(C)c2)nc1C. The number of nitrogens with one attached hydrogen (secondary N) is 1. The molecule has 0 aliphatic heterocycles. The molecule has 102 valence electrons. The van der Waals surface area contributed by atoms with Gasteiger partial charge in [0.1, 0.15) is 17.4 Å². The van der Waals surface area contributed by atoms with Crippen LogP contribution < -0.4 is 10.1 Å². The number of nitrogens with zero attached hydrogens (tertiary/aromatic N) is 1. The minimum absolute atomic E-state index is 0.539. The number of rotatable bonds is 5. The molecule has 1 N–H and O–H groups in total. The van der Waals surface area contributed by atoms with Gasteiger partial charge in [-0.25, -0.2) is 4.98 Å². The van der Waals surface area contributed by atoms with Crippen LogP contribution in [-0.2, 0) is 13.2 Å². The number of aryl methyl sites for hydroxylation is 3. The average molecular weight is 276 g/mol. The second-order valence-corrected chi connectivity index (χ2v) is 5.85. The quantitative estimate of drug-likeness (QED) is 0.909. The Labute approximate surface area is 118 Å². The van der Waals surface area contributed by atoms with E-state index in [1.165, 1.54) is 16.0 Å². The van der Waals surface area contributed by atoms with Crippen LogP contribution in [-0.4, -0.2) is 12.0 Å². The summed E-state index contributed by atoms with van der Waals surface area (Å²) in [6.07, 6.45) is 0. The zero-order valence-electron chi connectivity index (χ0n) is 11.9.